The lowest BCUT2D eigenvalue weighted by molar-refractivity contribution is 1.34. The van der Waals surface area contributed by atoms with Crippen LogP contribution in [-0.2, 0) is 0 Å². The third-order valence-corrected chi connectivity index (χ3v) is 4.63. The minimum absolute atomic E-state index is 1.06. The van der Waals surface area contributed by atoms with Crippen molar-refractivity contribution in [1.82, 2.24) is 4.98 Å². The largest absolute Gasteiger partial charge is 0.236 e. The van der Waals surface area contributed by atoms with Gasteiger partial charge in [-0.15, -0.1) is 11.3 Å². The quantitative estimate of drug-likeness (QED) is 0.568. The summed E-state index contributed by atoms with van der Waals surface area (Å²) in [4.78, 5) is 4.79. The molecule has 0 aliphatic heterocycles. The minimum Gasteiger partial charge on any atom is -0.236 e. The third kappa shape index (κ3) is 2.69. The van der Waals surface area contributed by atoms with Gasteiger partial charge in [0.25, 0.3) is 0 Å². The van der Waals surface area contributed by atoms with Crippen molar-refractivity contribution in [1.29, 1.82) is 0 Å². The molecule has 0 saturated carbocycles. The maximum Gasteiger partial charge on any atom is 0.124 e. The Labute approximate surface area is 131 Å². The molecule has 0 aliphatic carbocycles. The van der Waals surface area contributed by atoms with Gasteiger partial charge < -0.3 is 0 Å². The summed E-state index contributed by atoms with van der Waals surface area (Å²) < 4.78 is 1.08. The van der Waals surface area contributed by atoms with Crippen molar-refractivity contribution in [3.8, 4) is 21.8 Å². The van der Waals surface area contributed by atoms with Crippen LogP contribution in [-0.4, -0.2) is 4.98 Å². The summed E-state index contributed by atoms with van der Waals surface area (Å²) in [5.41, 5.74) is 5.97. The highest BCUT2D eigenvalue weighted by atomic mass is 79.9. The second kappa shape index (κ2) is 5.51. The molecule has 0 bridgehead atoms. The first kappa shape index (κ1) is 13.5. The van der Waals surface area contributed by atoms with Gasteiger partial charge in [0.2, 0.25) is 0 Å². The van der Waals surface area contributed by atoms with Gasteiger partial charge in [0.1, 0.15) is 5.01 Å². The van der Waals surface area contributed by atoms with Gasteiger partial charge in [-0.25, -0.2) is 4.98 Å². The van der Waals surface area contributed by atoms with E-state index in [0.29, 0.717) is 0 Å². The summed E-state index contributed by atoms with van der Waals surface area (Å²) in [7, 11) is 0. The van der Waals surface area contributed by atoms with Crippen LogP contribution < -0.4 is 0 Å². The van der Waals surface area contributed by atoms with Crippen molar-refractivity contribution in [2.75, 3.05) is 0 Å². The molecule has 0 radical (unpaired) electrons. The van der Waals surface area contributed by atoms with E-state index >= 15 is 0 Å². The summed E-state index contributed by atoms with van der Waals surface area (Å²) in [5, 5.41) is 3.19. The first-order valence-electron chi connectivity index (χ1n) is 6.42. The average Bonchev–Trinajstić information content (AvgIpc) is 2.91. The fourth-order valence-electron chi connectivity index (χ4n) is 2.16. The van der Waals surface area contributed by atoms with Gasteiger partial charge in [0, 0.05) is 21.0 Å². The lowest BCUT2D eigenvalue weighted by atomic mass is 10.0. The molecule has 100 valence electrons. The summed E-state index contributed by atoms with van der Waals surface area (Å²) in [6, 6.07) is 14.8. The van der Waals surface area contributed by atoms with Gasteiger partial charge in [-0.2, -0.15) is 0 Å². The number of halogens is 1. The molecule has 20 heavy (non-hydrogen) atoms. The first-order chi connectivity index (χ1) is 9.63. The van der Waals surface area contributed by atoms with Crippen molar-refractivity contribution in [2.24, 2.45) is 0 Å². The highest BCUT2D eigenvalue weighted by Gasteiger charge is 2.09. The fraction of sp³-hybridized carbons (Fsp3) is 0.118. The van der Waals surface area contributed by atoms with E-state index in [2.05, 4.69) is 65.5 Å². The Morgan fingerprint density at radius 2 is 1.90 bits per heavy atom. The predicted octanol–water partition coefficient (Wildman–Crippen LogP) is 5.86. The molecular weight excluding hydrogens is 330 g/mol. The van der Waals surface area contributed by atoms with E-state index in [1.165, 1.54) is 16.7 Å². The molecule has 0 spiro atoms. The van der Waals surface area contributed by atoms with Crippen molar-refractivity contribution in [3.05, 3.63) is 63.4 Å². The third-order valence-electron chi connectivity index (χ3n) is 3.24. The molecule has 0 amide bonds. The number of hydrogen-bond acceptors (Lipinski definition) is 2. The Hall–Kier alpha value is -1.45. The van der Waals surface area contributed by atoms with Crippen LogP contribution >= 0.6 is 27.3 Å². The number of nitrogens with zero attached hydrogens (tertiary/aromatic N) is 1. The average molecular weight is 344 g/mol. The molecule has 2 aromatic carbocycles. The van der Waals surface area contributed by atoms with E-state index in [1.807, 2.05) is 12.1 Å². The van der Waals surface area contributed by atoms with Crippen molar-refractivity contribution in [2.45, 2.75) is 13.8 Å². The number of rotatable bonds is 2. The Balaban J connectivity index is 2.04. The maximum atomic E-state index is 4.79. The van der Waals surface area contributed by atoms with Gasteiger partial charge in [-0.05, 0) is 37.6 Å². The van der Waals surface area contributed by atoms with Gasteiger partial charge in [-0.1, -0.05) is 45.8 Å². The van der Waals surface area contributed by atoms with Crippen LogP contribution in [0.4, 0.5) is 0 Å². The van der Waals surface area contributed by atoms with E-state index in [4.69, 9.17) is 4.98 Å². The molecule has 3 heteroatoms. The molecule has 3 aromatic rings. The molecule has 3 rings (SSSR count). The SMILES string of the molecule is Cc1ccc(C)c(-c2csc(-c3cccc(Br)c3)n2)c1. The Kier molecular flexibility index (Phi) is 3.72. The van der Waals surface area contributed by atoms with Gasteiger partial charge >= 0.3 is 0 Å². The monoisotopic (exact) mass is 343 g/mol. The van der Waals surface area contributed by atoms with E-state index in [0.717, 1.165) is 20.7 Å². The summed E-state index contributed by atoms with van der Waals surface area (Å²) in [6.45, 7) is 4.25. The predicted molar refractivity (Wildman–Crippen MR) is 90.2 cm³/mol. The van der Waals surface area contributed by atoms with Crippen LogP contribution in [0.15, 0.2) is 52.3 Å². The van der Waals surface area contributed by atoms with E-state index in [-0.39, 0.29) is 0 Å². The highest BCUT2D eigenvalue weighted by molar-refractivity contribution is 9.10. The van der Waals surface area contributed by atoms with Gasteiger partial charge in [-0.3, -0.25) is 0 Å². The van der Waals surface area contributed by atoms with Crippen molar-refractivity contribution in [3.63, 3.8) is 0 Å². The van der Waals surface area contributed by atoms with Crippen LogP contribution in [0.25, 0.3) is 21.8 Å². The molecule has 0 aliphatic rings. The van der Waals surface area contributed by atoms with Crippen LogP contribution in [0.1, 0.15) is 11.1 Å². The van der Waals surface area contributed by atoms with Gasteiger partial charge in [0.05, 0.1) is 5.69 Å². The highest BCUT2D eigenvalue weighted by Crippen LogP contribution is 2.31. The Bertz CT molecular complexity index is 761. The Morgan fingerprint density at radius 3 is 2.70 bits per heavy atom. The lowest BCUT2D eigenvalue weighted by Gasteiger charge is -2.03. The number of thiazole rings is 1. The first-order valence-corrected chi connectivity index (χ1v) is 8.10. The Morgan fingerprint density at radius 1 is 1.05 bits per heavy atom. The molecule has 0 fully saturated rings. The topological polar surface area (TPSA) is 12.9 Å². The standard InChI is InChI=1S/C17H14BrNS/c1-11-6-7-12(2)15(8-11)16-10-20-17(19-16)13-4-3-5-14(18)9-13/h3-10H,1-2H3. The second-order valence-corrected chi connectivity index (χ2v) is 6.64. The number of aromatic nitrogens is 1. The zero-order valence-corrected chi connectivity index (χ0v) is 13.8. The normalized spacial score (nSPS) is 10.8. The number of aryl methyl sites for hydroxylation is 2. The summed E-state index contributed by atoms with van der Waals surface area (Å²) in [6.07, 6.45) is 0. The van der Waals surface area contributed by atoms with Crippen molar-refractivity contribution >= 4 is 27.3 Å². The van der Waals surface area contributed by atoms with Crippen molar-refractivity contribution < 1.29 is 0 Å². The van der Waals surface area contributed by atoms with E-state index < -0.39 is 0 Å². The second-order valence-electron chi connectivity index (χ2n) is 4.87. The van der Waals surface area contributed by atoms with E-state index in [9.17, 15) is 0 Å². The van der Waals surface area contributed by atoms with Crippen LogP contribution in [0, 0.1) is 13.8 Å². The molecule has 0 unspecified atom stereocenters. The lowest BCUT2D eigenvalue weighted by Crippen LogP contribution is -1.85. The number of benzene rings is 2. The van der Waals surface area contributed by atoms with E-state index in [1.54, 1.807) is 11.3 Å². The van der Waals surface area contributed by atoms with Crippen LogP contribution in [0.2, 0.25) is 0 Å². The zero-order chi connectivity index (χ0) is 14.1. The van der Waals surface area contributed by atoms with Gasteiger partial charge in [0.15, 0.2) is 0 Å². The zero-order valence-electron chi connectivity index (χ0n) is 11.4. The number of hydrogen-bond donors (Lipinski definition) is 0. The molecular formula is C17H14BrNS. The van der Waals surface area contributed by atoms with Crippen LogP contribution in [0.3, 0.4) is 0 Å². The summed E-state index contributed by atoms with van der Waals surface area (Å²) in [5.74, 6) is 0. The molecule has 1 nitrogen and oxygen atoms in total. The fourth-order valence-corrected chi connectivity index (χ4v) is 3.38. The molecule has 0 saturated heterocycles. The molecule has 1 aromatic heterocycles. The molecule has 0 N–H and O–H groups in total. The smallest absolute Gasteiger partial charge is 0.124 e. The summed E-state index contributed by atoms with van der Waals surface area (Å²) >= 11 is 5.20. The van der Waals surface area contributed by atoms with Crippen LogP contribution in [0.5, 0.6) is 0 Å². The maximum absolute atomic E-state index is 4.79. The molecule has 1 heterocycles. The molecule has 0 atom stereocenters. The minimum atomic E-state index is 1.06.